The molecule has 0 spiro atoms. The number of benzene rings is 2. The van der Waals surface area contributed by atoms with Crippen LogP contribution in [0, 0.1) is 0 Å². The molecule has 0 saturated carbocycles. The zero-order valence-electron chi connectivity index (χ0n) is 16.0. The highest BCUT2D eigenvalue weighted by Gasteiger charge is 2.23. The number of nitrogens with one attached hydrogen (secondary N) is 2. The maximum atomic E-state index is 12.5. The number of sulfonamides is 1. The summed E-state index contributed by atoms with van der Waals surface area (Å²) in [5.74, 6) is -0.329. The number of ether oxygens (including phenoxy) is 1. The second kappa shape index (κ2) is 10.4. The number of carbonyl (C=O) groups excluding carboxylic acids is 2. The summed E-state index contributed by atoms with van der Waals surface area (Å²) in [6.45, 7) is 1.73. The zero-order valence-corrected chi connectivity index (χ0v) is 18.4. The first-order valence-corrected chi connectivity index (χ1v) is 11.0. The second-order valence-electron chi connectivity index (χ2n) is 6.00. The molecule has 2 aromatic rings. The predicted molar refractivity (Wildman–Crippen MR) is 113 cm³/mol. The van der Waals surface area contributed by atoms with Gasteiger partial charge in [0.15, 0.2) is 0 Å². The number of rotatable bonds is 9. The molecule has 0 heterocycles. The second-order valence-corrected chi connectivity index (χ2v) is 8.96. The molecule has 2 N–H and O–H groups in total. The van der Waals surface area contributed by atoms with Crippen LogP contribution in [0.3, 0.4) is 0 Å². The number of hydrogen-bond donors (Lipinski definition) is 2. The molecule has 10 heteroatoms. The largest absolute Gasteiger partial charge is 0.494 e. The van der Waals surface area contributed by atoms with Crippen molar-refractivity contribution in [3.63, 3.8) is 0 Å². The number of amides is 2. The molecule has 0 radical (unpaired) electrons. The minimum absolute atomic E-state index is 0.0734. The van der Waals surface area contributed by atoms with Gasteiger partial charge in [-0.25, -0.2) is 8.42 Å². The molecule has 8 nitrogen and oxygen atoms in total. The van der Waals surface area contributed by atoms with Gasteiger partial charge >= 0.3 is 0 Å². The summed E-state index contributed by atoms with van der Waals surface area (Å²) in [5.41, 5.74) is 0.558. The van der Waals surface area contributed by atoms with Gasteiger partial charge in [-0.05, 0) is 55.5 Å². The van der Waals surface area contributed by atoms with E-state index in [-0.39, 0.29) is 11.4 Å². The molecule has 0 aliphatic rings. The van der Waals surface area contributed by atoms with Gasteiger partial charge in [-0.1, -0.05) is 15.9 Å². The van der Waals surface area contributed by atoms with Crippen molar-refractivity contribution in [2.45, 2.75) is 11.8 Å². The van der Waals surface area contributed by atoms with Crippen LogP contribution in [0.4, 0.5) is 5.69 Å². The molecule has 0 bridgehead atoms. The number of nitrogens with zero attached hydrogens (tertiary/aromatic N) is 1. The Bertz CT molecular complexity index is 947. The normalized spacial score (nSPS) is 11.2. The summed E-state index contributed by atoms with van der Waals surface area (Å²) in [6, 6.07) is 12.9. The van der Waals surface area contributed by atoms with E-state index in [2.05, 4.69) is 26.6 Å². The first-order valence-electron chi connectivity index (χ1n) is 8.73. The Kier molecular flexibility index (Phi) is 8.18. The number of carbonyl (C=O) groups is 2. The minimum atomic E-state index is -3.81. The van der Waals surface area contributed by atoms with E-state index in [1.54, 1.807) is 36.4 Å². The van der Waals surface area contributed by atoms with Crippen LogP contribution < -0.4 is 15.4 Å². The standard InChI is InChI=1S/C19H22BrN3O5S/c1-3-28-16-8-6-15(7-9-16)22-18(24)12-21-19(25)13-23(2)29(26,27)17-10-4-14(20)5-11-17/h4-11H,3,12-13H2,1-2H3,(H,21,25)(H,22,24). The molecule has 0 unspecified atom stereocenters. The van der Waals surface area contributed by atoms with Crippen molar-refractivity contribution in [3.8, 4) is 5.75 Å². The number of hydrogen-bond acceptors (Lipinski definition) is 5. The van der Waals surface area contributed by atoms with E-state index < -0.39 is 28.4 Å². The monoisotopic (exact) mass is 483 g/mol. The quantitative estimate of drug-likeness (QED) is 0.568. The van der Waals surface area contributed by atoms with Crippen LogP contribution in [0.5, 0.6) is 5.75 Å². The fourth-order valence-electron chi connectivity index (χ4n) is 2.31. The molecular formula is C19H22BrN3O5S. The summed E-state index contributed by atoms with van der Waals surface area (Å²) in [5, 5.41) is 5.04. The van der Waals surface area contributed by atoms with Crippen molar-refractivity contribution in [1.29, 1.82) is 0 Å². The molecule has 0 saturated heterocycles. The highest BCUT2D eigenvalue weighted by molar-refractivity contribution is 9.10. The summed E-state index contributed by atoms with van der Waals surface area (Å²) < 4.78 is 31.9. The molecule has 2 amide bonds. The van der Waals surface area contributed by atoms with Gasteiger partial charge in [0.1, 0.15) is 5.75 Å². The molecule has 2 aromatic carbocycles. The third kappa shape index (κ3) is 6.84. The zero-order chi connectivity index (χ0) is 21.4. The van der Waals surface area contributed by atoms with Crippen LogP contribution in [0.2, 0.25) is 0 Å². The predicted octanol–water partition coefficient (Wildman–Crippen LogP) is 2.22. The number of likely N-dealkylation sites (N-methyl/N-ethyl adjacent to an activating group) is 1. The molecular weight excluding hydrogens is 462 g/mol. The first-order chi connectivity index (χ1) is 13.7. The lowest BCUT2D eigenvalue weighted by Crippen LogP contribution is -2.41. The van der Waals surface area contributed by atoms with Crippen LogP contribution in [0.1, 0.15) is 6.92 Å². The number of anilines is 1. The van der Waals surface area contributed by atoms with Gasteiger partial charge in [0.25, 0.3) is 0 Å². The van der Waals surface area contributed by atoms with Crippen molar-refractivity contribution in [3.05, 3.63) is 53.0 Å². The maximum absolute atomic E-state index is 12.5. The SMILES string of the molecule is CCOc1ccc(NC(=O)CNC(=O)CN(C)S(=O)(=O)c2ccc(Br)cc2)cc1. The highest BCUT2D eigenvalue weighted by atomic mass is 79.9. The van der Waals surface area contributed by atoms with Crippen molar-refractivity contribution in [2.24, 2.45) is 0 Å². The summed E-state index contributed by atoms with van der Waals surface area (Å²) >= 11 is 3.24. The topological polar surface area (TPSA) is 105 Å². The van der Waals surface area contributed by atoms with E-state index in [4.69, 9.17) is 4.74 Å². The van der Waals surface area contributed by atoms with E-state index in [1.807, 2.05) is 6.92 Å². The lowest BCUT2D eigenvalue weighted by Gasteiger charge is -2.17. The molecule has 2 rings (SSSR count). The van der Waals surface area contributed by atoms with Gasteiger partial charge in [-0.3, -0.25) is 9.59 Å². The van der Waals surface area contributed by atoms with Crippen LogP contribution in [-0.2, 0) is 19.6 Å². The van der Waals surface area contributed by atoms with Gasteiger partial charge in [0, 0.05) is 17.2 Å². The average molecular weight is 484 g/mol. The van der Waals surface area contributed by atoms with E-state index in [0.717, 1.165) is 8.78 Å². The van der Waals surface area contributed by atoms with E-state index in [9.17, 15) is 18.0 Å². The van der Waals surface area contributed by atoms with Crippen molar-refractivity contribution in [2.75, 3.05) is 32.1 Å². The minimum Gasteiger partial charge on any atom is -0.494 e. The maximum Gasteiger partial charge on any atom is 0.243 e. The molecule has 0 fully saturated rings. The molecule has 0 aromatic heterocycles. The molecule has 156 valence electrons. The number of halogens is 1. The van der Waals surface area contributed by atoms with Crippen LogP contribution >= 0.6 is 15.9 Å². The Morgan fingerprint density at radius 1 is 1.03 bits per heavy atom. The van der Waals surface area contributed by atoms with E-state index in [0.29, 0.717) is 18.0 Å². The molecule has 0 atom stereocenters. The Hall–Kier alpha value is -2.43. The summed E-state index contributed by atoms with van der Waals surface area (Å²) in [4.78, 5) is 24.1. The Balaban J connectivity index is 1.83. The molecule has 0 aliphatic carbocycles. The lowest BCUT2D eigenvalue weighted by atomic mass is 10.3. The third-order valence-electron chi connectivity index (χ3n) is 3.78. The Labute approximate surface area is 178 Å². The first kappa shape index (κ1) is 22.9. The summed E-state index contributed by atoms with van der Waals surface area (Å²) in [6.07, 6.45) is 0. The average Bonchev–Trinajstić information content (AvgIpc) is 2.68. The third-order valence-corrected chi connectivity index (χ3v) is 6.13. The Morgan fingerprint density at radius 3 is 2.24 bits per heavy atom. The van der Waals surface area contributed by atoms with Crippen molar-refractivity contribution >= 4 is 43.5 Å². The molecule has 0 aliphatic heterocycles. The van der Waals surface area contributed by atoms with E-state index >= 15 is 0 Å². The van der Waals surface area contributed by atoms with Gasteiger partial charge < -0.3 is 15.4 Å². The van der Waals surface area contributed by atoms with Crippen LogP contribution in [0.25, 0.3) is 0 Å². The van der Waals surface area contributed by atoms with Crippen LogP contribution in [0.15, 0.2) is 57.9 Å². The highest BCUT2D eigenvalue weighted by Crippen LogP contribution is 2.18. The fraction of sp³-hybridized carbons (Fsp3) is 0.263. The van der Waals surface area contributed by atoms with Gasteiger partial charge in [-0.15, -0.1) is 0 Å². The van der Waals surface area contributed by atoms with E-state index in [1.165, 1.54) is 19.2 Å². The molecule has 29 heavy (non-hydrogen) atoms. The lowest BCUT2D eigenvalue weighted by molar-refractivity contribution is -0.124. The van der Waals surface area contributed by atoms with Gasteiger partial charge in [0.2, 0.25) is 21.8 Å². The summed E-state index contributed by atoms with van der Waals surface area (Å²) in [7, 11) is -2.51. The van der Waals surface area contributed by atoms with Crippen LogP contribution in [-0.4, -0.2) is 51.3 Å². The fourth-order valence-corrected chi connectivity index (χ4v) is 3.71. The smallest absolute Gasteiger partial charge is 0.243 e. The Morgan fingerprint density at radius 2 is 1.66 bits per heavy atom. The van der Waals surface area contributed by atoms with Crippen molar-refractivity contribution in [1.82, 2.24) is 9.62 Å². The van der Waals surface area contributed by atoms with Crippen molar-refractivity contribution < 1.29 is 22.7 Å². The van der Waals surface area contributed by atoms with Gasteiger partial charge in [-0.2, -0.15) is 4.31 Å². The van der Waals surface area contributed by atoms with Gasteiger partial charge in [0.05, 0.1) is 24.6 Å².